The second-order valence-corrected chi connectivity index (χ2v) is 8.92. The summed E-state index contributed by atoms with van der Waals surface area (Å²) in [5.74, 6) is -1.77. The Bertz CT molecular complexity index is 1120. The number of para-hydroxylation sites is 2. The number of nitrogens with zero attached hydrogens (tertiary/aromatic N) is 2. The molecule has 0 saturated carbocycles. The number of hydrogen-bond donors (Lipinski definition) is 1. The summed E-state index contributed by atoms with van der Waals surface area (Å²) in [6.07, 6.45) is 1.76. The number of rotatable bonds is 1. The molecule has 0 bridgehead atoms. The highest BCUT2D eigenvalue weighted by molar-refractivity contribution is 6.26. The molecule has 4 aliphatic rings. The normalized spacial score (nSPS) is 32.0. The van der Waals surface area contributed by atoms with E-state index in [1.54, 1.807) is 0 Å². The van der Waals surface area contributed by atoms with E-state index >= 15 is 0 Å². The lowest BCUT2D eigenvalue weighted by molar-refractivity contribution is -0.135. The molecule has 152 valence electrons. The van der Waals surface area contributed by atoms with Gasteiger partial charge in [-0.3, -0.25) is 19.3 Å². The molecule has 4 atom stereocenters. The van der Waals surface area contributed by atoms with Crippen LogP contribution in [0.2, 0.25) is 0 Å². The van der Waals surface area contributed by atoms with E-state index < -0.39 is 17.4 Å². The Morgan fingerprint density at radius 2 is 1.70 bits per heavy atom. The highest BCUT2D eigenvalue weighted by atomic mass is 16.2. The molecule has 2 aromatic carbocycles. The van der Waals surface area contributed by atoms with Crippen molar-refractivity contribution < 1.29 is 14.4 Å². The molecule has 2 aromatic rings. The van der Waals surface area contributed by atoms with Crippen LogP contribution >= 0.6 is 0 Å². The molecule has 0 aromatic heterocycles. The zero-order valence-electron chi connectivity index (χ0n) is 17.0. The number of anilines is 2. The third kappa shape index (κ3) is 1.86. The van der Waals surface area contributed by atoms with Crippen LogP contribution in [0, 0.1) is 25.7 Å². The summed E-state index contributed by atoms with van der Waals surface area (Å²) in [6, 6.07) is 13.3. The summed E-state index contributed by atoms with van der Waals surface area (Å²) in [4.78, 5) is 44.8. The van der Waals surface area contributed by atoms with E-state index in [0.29, 0.717) is 5.69 Å². The first-order valence-corrected chi connectivity index (χ1v) is 10.6. The van der Waals surface area contributed by atoms with Crippen LogP contribution in [-0.2, 0) is 19.9 Å². The summed E-state index contributed by atoms with van der Waals surface area (Å²) < 4.78 is 0. The number of imide groups is 1. The van der Waals surface area contributed by atoms with Gasteiger partial charge in [-0.05, 0) is 50.4 Å². The highest BCUT2D eigenvalue weighted by Crippen LogP contribution is 2.60. The van der Waals surface area contributed by atoms with E-state index in [9.17, 15) is 14.4 Å². The van der Waals surface area contributed by atoms with Gasteiger partial charge < -0.3 is 5.32 Å². The van der Waals surface area contributed by atoms with Crippen molar-refractivity contribution in [1.29, 1.82) is 0 Å². The van der Waals surface area contributed by atoms with E-state index in [1.165, 1.54) is 4.90 Å². The minimum Gasteiger partial charge on any atom is -0.324 e. The SMILES string of the molecule is Cc1cccc(C)c1N1C(=O)[C@H]2[C@@H](C1=O)[C@]1(C(=O)Nc3ccccc31)N1CCC[C@@H]21. The minimum absolute atomic E-state index is 0.0855. The maximum Gasteiger partial charge on any atom is 0.250 e. The number of nitrogens with one attached hydrogen (secondary N) is 1. The average molecular weight is 401 g/mol. The van der Waals surface area contributed by atoms with Crippen molar-refractivity contribution in [3.63, 3.8) is 0 Å². The Labute approximate surface area is 174 Å². The van der Waals surface area contributed by atoms with Gasteiger partial charge in [0.1, 0.15) is 5.54 Å². The van der Waals surface area contributed by atoms with Gasteiger partial charge >= 0.3 is 0 Å². The lowest BCUT2D eigenvalue weighted by atomic mass is 9.75. The summed E-state index contributed by atoms with van der Waals surface area (Å²) in [7, 11) is 0. The molecule has 3 amide bonds. The van der Waals surface area contributed by atoms with Gasteiger partial charge in [0.05, 0.1) is 17.5 Å². The van der Waals surface area contributed by atoms with Crippen molar-refractivity contribution in [3.05, 3.63) is 59.2 Å². The van der Waals surface area contributed by atoms with Crippen LogP contribution in [0.5, 0.6) is 0 Å². The average Bonchev–Trinajstić information content (AvgIpc) is 3.42. The van der Waals surface area contributed by atoms with Crippen LogP contribution in [0.1, 0.15) is 29.5 Å². The number of aryl methyl sites for hydroxylation is 2. The monoisotopic (exact) mass is 401 g/mol. The highest BCUT2D eigenvalue weighted by Gasteiger charge is 2.74. The molecule has 6 rings (SSSR count). The molecule has 0 unspecified atom stereocenters. The van der Waals surface area contributed by atoms with E-state index in [-0.39, 0.29) is 23.8 Å². The van der Waals surface area contributed by atoms with Crippen LogP contribution in [0.4, 0.5) is 11.4 Å². The number of carbonyl (C=O) groups excluding carboxylic acids is 3. The topological polar surface area (TPSA) is 69.7 Å². The maximum atomic E-state index is 13.9. The molecule has 0 aliphatic carbocycles. The molecule has 6 heteroatoms. The second-order valence-electron chi connectivity index (χ2n) is 8.92. The molecule has 1 N–H and O–H groups in total. The fraction of sp³-hybridized carbons (Fsp3) is 0.375. The molecule has 4 heterocycles. The summed E-state index contributed by atoms with van der Waals surface area (Å²) >= 11 is 0. The van der Waals surface area contributed by atoms with E-state index in [2.05, 4.69) is 10.2 Å². The second kappa shape index (κ2) is 5.79. The van der Waals surface area contributed by atoms with Crippen molar-refractivity contribution >= 4 is 29.1 Å². The first kappa shape index (κ1) is 17.8. The van der Waals surface area contributed by atoms with Crippen LogP contribution in [0.3, 0.4) is 0 Å². The fourth-order valence-electron chi connectivity index (χ4n) is 6.54. The van der Waals surface area contributed by atoms with Crippen LogP contribution in [0.25, 0.3) is 0 Å². The van der Waals surface area contributed by atoms with E-state index in [0.717, 1.165) is 41.8 Å². The van der Waals surface area contributed by atoms with Crippen molar-refractivity contribution in [2.45, 2.75) is 38.3 Å². The standard InChI is InChI=1S/C24H23N3O3/c1-13-7-5-8-14(2)20(13)27-21(28)18-17-11-6-12-26(17)24(19(18)22(27)29)15-9-3-4-10-16(15)25-23(24)30/h3-5,7-10,17-19H,6,11-12H2,1-2H3,(H,25,30)/t17-,18+,19-,24+/m0/s1. The van der Waals surface area contributed by atoms with Gasteiger partial charge in [0.15, 0.2) is 0 Å². The zero-order chi connectivity index (χ0) is 20.8. The molecule has 4 aliphatic heterocycles. The smallest absolute Gasteiger partial charge is 0.250 e. The molecular weight excluding hydrogens is 378 g/mol. The van der Waals surface area contributed by atoms with Crippen LogP contribution in [-0.4, -0.2) is 35.2 Å². The van der Waals surface area contributed by atoms with Gasteiger partial charge in [-0.15, -0.1) is 0 Å². The predicted molar refractivity (Wildman–Crippen MR) is 112 cm³/mol. The van der Waals surface area contributed by atoms with Gasteiger partial charge in [0.2, 0.25) is 17.7 Å². The Morgan fingerprint density at radius 1 is 0.967 bits per heavy atom. The maximum absolute atomic E-state index is 13.9. The number of amides is 3. The van der Waals surface area contributed by atoms with Crippen LogP contribution in [0.15, 0.2) is 42.5 Å². The lowest BCUT2D eigenvalue weighted by Crippen LogP contribution is -2.54. The third-order valence-electron chi connectivity index (χ3n) is 7.56. The van der Waals surface area contributed by atoms with Gasteiger partial charge in [0.25, 0.3) is 0 Å². The lowest BCUT2D eigenvalue weighted by Gasteiger charge is -2.36. The van der Waals surface area contributed by atoms with Gasteiger partial charge in [-0.2, -0.15) is 0 Å². The van der Waals surface area contributed by atoms with Crippen LogP contribution < -0.4 is 10.2 Å². The van der Waals surface area contributed by atoms with Crippen molar-refractivity contribution in [2.75, 3.05) is 16.8 Å². The number of benzene rings is 2. The summed E-state index contributed by atoms with van der Waals surface area (Å²) in [5.41, 5.74) is 2.95. The van der Waals surface area contributed by atoms with Gasteiger partial charge in [-0.25, -0.2) is 4.90 Å². The first-order valence-electron chi connectivity index (χ1n) is 10.6. The summed E-state index contributed by atoms with van der Waals surface area (Å²) in [6.45, 7) is 4.57. The predicted octanol–water partition coefficient (Wildman–Crippen LogP) is 2.73. The summed E-state index contributed by atoms with van der Waals surface area (Å²) in [5, 5.41) is 3.01. The molecule has 3 fully saturated rings. The van der Waals surface area contributed by atoms with Crippen molar-refractivity contribution in [3.8, 4) is 0 Å². The number of hydrogen-bond acceptors (Lipinski definition) is 4. The number of fused-ring (bicyclic) bond motifs is 7. The van der Waals surface area contributed by atoms with Gasteiger partial charge in [0, 0.05) is 17.3 Å². The third-order valence-corrected chi connectivity index (χ3v) is 7.56. The minimum atomic E-state index is -1.10. The first-order chi connectivity index (χ1) is 14.5. The molecule has 1 spiro atoms. The van der Waals surface area contributed by atoms with E-state index in [1.807, 2.05) is 56.3 Å². The van der Waals surface area contributed by atoms with E-state index in [4.69, 9.17) is 0 Å². The Morgan fingerprint density at radius 3 is 2.47 bits per heavy atom. The van der Waals surface area contributed by atoms with Crippen molar-refractivity contribution in [1.82, 2.24) is 4.90 Å². The molecular formula is C24H23N3O3. The number of carbonyl (C=O) groups is 3. The largest absolute Gasteiger partial charge is 0.324 e. The van der Waals surface area contributed by atoms with Gasteiger partial charge in [-0.1, -0.05) is 36.4 Å². The Hall–Kier alpha value is -2.99. The molecule has 3 saturated heterocycles. The fourth-order valence-corrected chi connectivity index (χ4v) is 6.54. The Kier molecular flexibility index (Phi) is 3.44. The Balaban J connectivity index is 1.58. The quantitative estimate of drug-likeness (QED) is 0.746. The molecule has 0 radical (unpaired) electrons. The zero-order valence-corrected chi connectivity index (χ0v) is 17.0. The molecule has 30 heavy (non-hydrogen) atoms. The van der Waals surface area contributed by atoms with Crippen molar-refractivity contribution in [2.24, 2.45) is 11.8 Å². The molecule has 6 nitrogen and oxygen atoms in total.